The van der Waals surface area contributed by atoms with Gasteiger partial charge in [-0.2, -0.15) is 0 Å². The molecule has 0 aromatic heterocycles. The minimum atomic E-state index is -0.617. The molecule has 0 saturated carbocycles. The third-order valence-electron chi connectivity index (χ3n) is 5.44. The maximum absolute atomic E-state index is 12.2. The number of hydrogen-bond donors (Lipinski definition) is 2. The molecular weight excluding hydrogens is 444 g/mol. The lowest BCUT2D eigenvalue weighted by Gasteiger charge is -2.10. The SMILES string of the molecule is Cc1ccc(C)c(NC(=O)COC(=O)CCC(=O)Nc2ccc(Oc3ccc(C)c(C)c3)cc2)c1. The van der Waals surface area contributed by atoms with Crippen LogP contribution in [0.15, 0.2) is 60.7 Å². The molecule has 35 heavy (non-hydrogen) atoms. The summed E-state index contributed by atoms with van der Waals surface area (Å²) >= 11 is 0. The number of hydrogen-bond acceptors (Lipinski definition) is 5. The van der Waals surface area contributed by atoms with Crippen molar-refractivity contribution in [3.05, 3.63) is 82.9 Å². The highest BCUT2D eigenvalue weighted by molar-refractivity contribution is 5.95. The molecule has 0 heterocycles. The van der Waals surface area contributed by atoms with Crippen molar-refractivity contribution in [1.82, 2.24) is 0 Å². The molecule has 0 bridgehead atoms. The lowest BCUT2D eigenvalue weighted by atomic mass is 10.1. The normalized spacial score (nSPS) is 10.4. The van der Waals surface area contributed by atoms with Gasteiger partial charge in [-0.05, 0) is 92.4 Å². The fourth-order valence-electron chi connectivity index (χ4n) is 3.23. The van der Waals surface area contributed by atoms with E-state index in [0.717, 1.165) is 22.4 Å². The molecule has 0 spiro atoms. The third-order valence-corrected chi connectivity index (χ3v) is 5.44. The van der Waals surface area contributed by atoms with Crippen molar-refractivity contribution in [2.75, 3.05) is 17.2 Å². The highest BCUT2D eigenvalue weighted by Crippen LogP contribution is 2.25. The average molecular weight is 475 g/mol. The maximum Gasteiger partial charge on any atom is 0.306 e. The summed E-state index contributed by atoms with van der Waals surface area (Å²) in [7, 11) is 0. The number of anilines is 2. The van der Waals surface area contributed by atoms with E-state index in [4.69, 9.17) is 9.47 Å². The smallest absolute Gasteiger partial charge is 0.306 e. The van der Waals surface area contributed by atoms with Gasteiger partial charge in [0.15, 0.2) is 6.61 Å². The lowest BCUT2D eigenvalue weighted by molar-refractivity contribution is -0.147. The molecule has 0 atom stereocenters. The highest BCUT2D eigenvalue weighted by atomic mass is 16.5. The topological polar surface area (TPSA) is 93.7 Å². The van der Waals surface area contributed by atoms with Crippen molar-refractivity contribution in [2.45, 2.75) is 40.5 Å². The van der Waals surface area contributed by atoms with Crippen LogP contribution in [0.3, 0.4) is 0 Å². The van der Waals surface area contributed by atoms with Crippen LogP contribution >= 0.6 is 0 Å². The molecule has 0 unspecified atom stereocenters. The van der Waals surface area contributed by atoms with Crippen molar-refractivity contribution in [3.63, 3.8) is 0 Å². The Labute approximate surface area is 205 Å². The van der Waals surface area contributed by atoms with E-state index in [1.807, 2.05) is 64.1 Å². The van der Waals surface area contributed by atoms with Gasteiger partial charge < -0.3 is 20.1 Å². The molecule has 0 aliphatic heterocycles. The Morgan fingerprint density at radius 2 is 1.37 bits per heavy atom. The van der Waals surface area contributed by atoms with Gasteiger partial charge in [-0.15, -0.1) is 0 Å². The van der Waals surface area contributed by atoms with Gasteiger partial charge in [0.2, 0.25) is 5.91 Å². The minimum Gasteiger partial charge on any atom is -0.457 e. The van der Waals surface area contributed by atoms with E-state index in [1.165, 1.54) is 5.56 Å². The number of carbonyl (C=O) groups is 3. The second-order valence-electron chi connectivity index (χ2n) is 8.45. The van der Waals surface area contributed by atoms with Crippen LogP contribution in [0.25, 0.3) is 0 Å². The van der Waals surface area contributed by atoms with Crippen LogP contribution < -0.4 is 15.4 Å². The van der Waals surface area contributed by atoms with E-state index >= 15 is 0 Å². The van der Waals surface area contributed by atoms with E-state index in [2.05, 4.69) is 10.6 Å². The zero-order valence-corrected chi connectivity index (χ0v) is 20.4. The molecule has 3 rings (SSSR count). The number of carbonyl (C=O) groups excluding carboxylic acids is 3. The van der Waals surface area contributed by atoms with Gasteiger partial charge in [0.25, 0.3) is 5.91 Å². The molecule has 0 radical (unpaired) electrons. The van der Waals surface area contributed by atoms with Crippen molar-refractivity contribution in [1.29, 1.82) is 0 Å². The van der Waals surface area contributed by atoms with Crippen molar-refractivity contribution in [3.8, 4) is 11.5 Å². The maximum atomic E-state index is 12.2. The first kappa shape index (κ1) is 25.5. The van der Waals surface area contributed by atoms with Gasteiger partial charge in [0, 0.05) is 17.8 Å². The zero-order chi connectivity index (χ0) is 25.4. The Hall–Kier alpha value is -4.13. The molecule has 3 aromatic rings. The number of esters is 1. The predicted octanol–water partition coefficient (Wildman–Crippen LogP) is 5.61. The van der Waals surface area contributed by atoms with Crippen LogP contribution in [-0.2, 0) is 19.1 Å². The summed E-state index contributed by atoms with van der Waals surface area (Å²) in [6.07, 6.45) is -0.186. The van der Waals surface area contributed by atoms with Crippen LogP contribution in [0.5, 0.6) is 11.5 Å². The zero-order valence-electron chi connectivity index (χ0n) is 20.4. The van der Waals surface area contributed by atoms with Crippen LogP contribution in [0.1, 0.15) is 35.1 Å². The van der Waals surface area contributed by atoms with Gasteiger partial charge in [0.05, 0.1) is 6.42 Å². The second kappa shape index (κ2) is 11.8. The Bertz CT molecular complexity index is 1220. The monoisotopic (exact) mass is 474 g/mol. The molecule has 0 saturated heterocycles. The fraction of sp³-hybridized carbons (Fsp3) is 0.250. The number of amides is 2. The van der Waals surface area contributed by atoms with Crippen LogP contribution in [-0.4, -0.2) is 24.4 Å². The quantitative estimate of drug-likeness (QED) is 0.393. The standard InChI is InChI=1S/C28H30N2O5/c1-18-5-6-20(3)25(15-18)30-27(32)17-34-28(33)14-13-26(31)29-22-8-11-23(12-9-22)35-24-10-7-19(2)21(4)16-24/h5-12,15-16H,13-14,17H2,1-4H3,(H,29,31)(H,30,32). The molecule has 7 nitrogen and oxygen atoms in total. The Kier molecular flexibility index (Phi) is 8.62. The molecule has 0 aliphatic rings. The van der Waals surface area contributed by atoms with Gasteiger partial charge in [-0.1, -0.05) is 18.2 Å². The molecule has 2 N–H and O–H groups in total. The lowest BCUT2D eigenvalue weighted by Crippen LogP contribution is -2.22. The van der Waals surface area contributed by atoms with Crippen LogP contribution in [0, 0.1) is 27.7 Å². The summed E-state index contributed by atoms with van der Waals surface area (Å²) < 4.78 is 10.8. The number of rotatable bonds is 9. The summed E-state index contributed by atoms with van der Waals surface area (Å²) in [6.45, 7) is 7.47. The third kappa shape index (κ3) is 7.99. The van der Waals surface area contributed by atoms with E-state index in [0.29, 0.717) is 17.1 Å². The summed E-state index contributed by atoms with van der Waals surface area (Å²) in [5, 5.41) is 5.46. The van der Waals surface area contributed by atoms with Gasteiger partial charge >= 0.3 is 5.97 Å². The fourth-order valence-corrected chi connectivity index (χ4v) is 3.23. The molecule has 2 amide bonds. The Morgan fingerprint density at radius 1 is 0.686 bits per heavy atom. The van der Waals surface area contributed by atoms with Gasteiger partial charge in [0.1, 0.15) is 11.5 Å². The molecule has 182 valence electrons. The van der Waals surface area contributed by atoms with Gasteiger partial charge in [-0.3, -0.25) is 14.4 Å². The van der Waals surface area contributed by atoms with E-state index < -0.39 is 18.5 Å². The Morgan fingerprint density at radius 3 is 2.09 bits per heavy atom. The highest BCUT2D eigenvalue weighted by Gasteiger charge is 2.12. The summed E-state index contributed by atoms with van der Waals surface area (Å²) in [4.78, 5) is 36.2. The van der Waals surface area contributed by atoms with Crippen LogP contribution in [0.2, 0.25) is 0 Å². The van der Waals surface area contributed by atoms with Crippen molar-refractivity contribution < 1.29 is 23.9 Å². The average Bonchev–Trinajstić information content (AvgIpc) is 2.82. The number of nitrogens with one attached hydrogen (secondary N) is 2. The summed E-state index contributed by atoms with van der Waals surface area (Å²) in [6, 6.07) is 18.5. The van der Waals surface area contributed by atoms with E-state index in [-0.39, 0.29) is 18.7 Å². The Balaban J connectivity index is 1.39. The first-order valence-corrected chi connectivity index (χ1v) is 11.4. The van der Waals surface area contributed by atoms with E-state index in [1.54, 1.807) is 24.3 Å². The summed E-state index contributed by atoms with van der Waals surface area (Å²) in [5.74, 6) is 0.0117. The van der Waals surface area contributed by atoms with Crippen LogP contribution in [0.4, 0.5) is 11.4 Å². The van der Waals surface area contributed by atoms with Crippen molar-refractivity contribution in [2.24, 2.45) is 0 Å². The molecular formula is C28H30N2O5. The number of ether oxygens (including phenoxy) is 2. The minimum absolute atomic E-state index is 0.0572. The van der Waals surface area contributed by atoms with E-state index in [9.17, 15) is 14.4 Å². The molecule has 3 aromatic carbocycles. The molecule has 0 aliphatic carbocycles. The number of benzene rings is 3. The molecule has 7 heteroatoms. The number of aryl methyl sites for hydroxylation is 4. The first-order chi connectivity index (χ1) is 16.7. The largest absolute Gasteiger partial charge is 0.457 e. The predicted molar refractivity (Wildman–Crippen MR) is 136 cm³/mol. The summed E-state index contributed by atoms with van der Waals surface area (Å²) in [5.41, 5.74) is 5.53. The first-order valence-electron chi connectivity index (χ1n) is 11.4. The molecule has 0 fully saturated rings. The second-order valence-corrected chi connectivity index (χ2v) is 8.45. The van der Waals surface area contributed by atoms with Crippen molar-refractivity contribution >= 4 is 29.2 Å². The van der Waals surface area contributed by atoms with Gasteiger partial charge in [-0.25, -0.2) is 0 Å².